The average Bonchev–Trinajstić information content (AvgIpc) is 2.91. The van der Waals surface area contributed by atoms with Gasteiger partial charge in [0.2, 0.25) is 0 Å². The van der Waals surface area contributed by atoms with E-state index in [1.807, 2.05) is 24.3 Å². The van der Waals surface area contributed by atoms with Crippen molar-refractivity contribution in [3.8, 4) is 11.3 Å². The van der Waals surface area contributed by atoms with Gasteiger partial charge in [-0.25, -0.2) is 4.98 Å². The van der Waals surface area contributed by atoms with Crippen LogP contribution >= 0.6 is 50.5 Å². The van der Waals surface area contributed by atoms with Crippen LogP contribution in [0.4, 0.5) is 0 Å². The van der Waals surface area contributed by atoms with Gasteiger partial charge in [0.15, 0.2) is 0 Å². The maximum absolute atomic E-state index is 6.21. The molecule has 0 radical (unpaired) electrons. The van der Waals surface area contributed by atoms with Gasteiger partial charge in [-0.05, 0) is 29.8 Å². The third-order valence-corrected chi connectivity index (χ3v) is 4.96. The third-order valence-electron chi connectivity index (χ3n) is 3.03. The summed E-state index contributed by atoms with van der Waals surface area (Å²) >= 11 is 17.2. The van der Waals surface area contributed by atoms with E-state index in [-0.39, 0.29) is 0 Å². The van der Waals surface area contributed by atoms with Crippen molar-refractivity contribution < 1.29 is 0 Å². The van der Waals surface area contributed by atoms with E-state index in [2.05, 4.69) is 38.4 Å². The lowest BCUT2D eigenvalue weighted by Crippen LogP contribution is -1.89. The Hall–Kier alpha value is -0.870. The molecule has 0 spiro atoms. The molecule has 5 heteroatoms. The molecule has 3 rings (SSSR count). The number of benzene rings is 2. The lowest BCUT2D eigenvalue weighted by molar-refractivity contribution is 1.14. The summed E-state index contributed by atoms with van der Waals surface area (Å²) in [5.74, 6) is 0. The van der Waals surface area contributed by atoms with Crippen molar-refractivity contribution in [3.05, 3.63) is 72.9 Å². The number of thiazole rings is 1. The number of nitrogens with zero attached hydrogens (tertiary/aromatic N) is 1. The van der Waals surface area contributed by atoms with E-state index in [1.165, 1.54) is 0 Å². The van der Waals surface area contributed by atoms with Crippen molar-refractivity contribution >= 4 is 50.5 Å². The highest BCUT2D eigenvalue weighted by molar-refractivity contribution is 9.10. The number of halogens is 3. The zero-order valence-corrected chi connectivity index (χ0v) is 14.7. The first kappa shape index (κ1) is 15.0. The number of aromatic nitrogens is 1. The summed E-state index contributed by atoms with van der Waals surface area (Å²) in [5, 5.41) is 4.44. The van der Waals surface area contributed by atoms with Crippen LogP contribution in [-0.2, 0) is 6.42 Å². The second-order valence-electron chi connectivity index (χ2n) is 4.55. The predicted molar refractivity (Wildman–Crippen MR) is 94.5 cm³/mol. The van der Waals surface area contributed by atoms with Gasteiger partial charge < -0.3 is 0 Å². The molecule has 2 aromatic carbocycles. The Labute approximate surface area is 145 Å². The molecule has 0 aliphatic carbocycles. The van der Waals surface area contributed by atoms with E-state index < -0.39 is 0 Å². The second kappa shape index (κ2) is 6.49. The topological polar surface area (TPSA) is 12.9 Å². The van der Waals surface area contributed by atoms with Crippen molar-refractivity contribution in [1.82, 2.24) is 4.98 Å². The maximum Gasteiger partial charge on any atom is 0.0977 e. The molecule has 21 heavy (non-hydrogen) atoms. The van der Waals surface area contributed by atoms with Gasteiger partial charge in [0.25, 0.3) is 0 Å². The minimum absolute atomic E-state index is 0.651. The Kier molecular flexibility index (Phi) is 4.65. The molecular weight excluding hydrogens is 389 g/mol. The Morgan fingerprint density at radius 2 is 1.95 bits per heavy atom. The van der Waals surface area contributed by atoms with Gasteiger partial charge in [0, 0.05) is 31.9 Å². The fourth-order valence-electron chi connectivity index (χ4n) is 2.00. The third kappa shape index (κ3) is 3.67. The van der Waals surface area contributed by atoms with Gasteiger partial charge >= 0.3 is 0 Å². The predicted octanol–water partition coefficient (Wildman–Crippen LogP) is 6.47. The molecule has 106 valence electrons. The summed E-state index contributed by atoms with van der Waals surface area (Å²) in [5.41, 5.74) is 3.13. The van der Waals surface area contributed by atoms with Gasteiger partial charge in [0.05, 0.1) is 10.7 Å². The monoisotopic (exact) mass is 397 g/mol. The SMILES string of the molecule is Clc1ccc(Cc2nc(-c3cccc(Br)c3)cs2)c(Cl)c1. The molecule has 0 aliphatic rings. The van der Waals surface area contributed by atoms with Crippen LogP contribution in [0.25, 0.3) is 11.3 Å². The zero-order chi connectivity index (χ0) is 14.8. The van der Waals surface area contributed by atoms with E-state index >= 15 is 0 Å². The van der Waals surface area contributed by atoms with Crippen LogP contribution in [0.5, 0.6) is 0 Å². The van der Waals surface area contributed by atoms with E-state index in [0.717, 1.165) is 26.3 Å². The van der Waals surface area contributed by atoms with Crippen LogP contribution in [0, 0.1) is 0 Å². The fraction of sp³-hybridized carbons (Fsp3) is 0.0625. The first-order chi connectivity index (χ1) is 10.1. The van der Waals surface area contributed by atoms with Gasteiger partial charge in [-0.1, -0.05) is 57.3 Å². The first-order valence-corrected chi connectivity index (χ1v) is 8.69. The molecule has 1 nitrogen and oxygen atoms in total. The molecule has 3 aromatic rings. The van der Waals surface area contributed by atoms with Gasteiger partial charge in [0.1, 0.15) is 0 Å². The van der Waals surface area contributed by atoms with Gasteiger partial charge in [-0.3, -0.25) is 0 Å². The molecule has 0 fully saturated rings. The standard InChI is InChI=1S/C16H10BrCl2NS/c17-12-3-1-2-11(6-12)15-9-21-16(20-15)7-10-4-5-13(18)8-14(10)19/h1-6,8-9H,7H2. The molecule has 1 heterocycles. The molecule has 0 N–H and O–H groups in total. The minimum atomic E-state index is 0.651. The highest BCUT2D eigenvalue weighted by Gasteiger charge is 2.08. The van der Waals surface area contributed by atoms with E-state index in [9.17, 15) is 0 Å². The highest BCUT2D eigenvalue weighted by Crippen LogP contribution is 2.28. The van der Waals surface area contributed by atoms with Crippen molar-refractivity contribution in [2.75, 3.05) is 0 Å². The number of rotatable bonds is 3. The van der Waals surface area contributed by atoms with Gasteiger partial charge in [-0.2, -0.15) is 0 Å². The highest BCUT2D eigenvalue weighted by atomic mass is 79.9. The van der Waals surface area contributed by atoms with E-state index in [0.29, 0.717) is 16.5 Å². The van der Waals surface area contributed by atoms with E-state index in [1.54, 1.807) is 17.4 Å². The van der Waals surface area contributed by atoms with Crippen LogP contribution in [0.15, 0.2) is 52.3 Å². The van der Waals surface area contributed by atoms with Crippen molar-refractivity contribution in [1.29, 1.82) is 0 Å². The zero-order valence-electron chi connectivity index (χ0n) is 10.8. The molecule has 0 atom stereocenters. The number of hydrogen-bond donors (Lipinski definition) is 0. The van der Waals surface area contributed by atoms with Crippen molar-refractivity contribution in [2.24, 2.45) is 0 Å². The molecule has 0 bridgehead atoms. The summed E-state index contributed by atoms with van der Waals surface area (Å²) < 4.78 is 1.05. The summed E-state index contributed by atoms with van der Waals surface area (Å²) in [6, 6.07) is 13.7. The van der Waals surface area contributed by atoms with E-state index in [4.69, 9.17) is 23.2 Å². The smallest absolute Gasteiger partial charge is 0.0977 e. The van der Waals surface area contributed by atoms with Crippen LogP contribution in [-0.4, -0.2) is 4.98 Å². The summed E-state index contributed by atoms with van der Waals surface area (Å²) in [4.78, 5) is 4.69. The first-order valence-electron chi connectivity index (χ1n) is 6.26. The average molecular weight is 399 g/mol. The minimum Gasteiger partial charge on any atom is -0.241 e. The molecule has 0 saturated heterocycles. The quantitative estimate of drug-likeness (QED) is 0.492. The summed E-state index contributed by atoms with van der Waals surface area (Å²) in [7, 11) is 0. The lowest BCUT2D eigenvalue weighted by atomic mass is 10.1. The molecule has 0 aliphatic heterocycles. The van der Waals surface area contributed by atoms with Gasteiger partial charge in [-0.15, -0.1) is 11.3 Å². The largest absolute Gasteiger partial charge is 0.241 e. The normalized spacial score (nSPS) is 10.8. The molecule has 0 unspecified atom stereocenters. The van der Waals surface area contributed by atoms with Crippen molar-refractivity contribution in [2.45, 2.75) is 6.42 Å². The Balaban J connectivity index is 1.85. The number of hydrogen-bond acceptors (Lipinski definition) is 2. The summed E-state index contributed by atoms with van der Waals surface area (Å²) in [6.45, 7) is 0. The Morgan fingerprint density at radius 1 is 1.10 bits per heavy atom. The lowest BCUT2D eigenvalue weighted by Gasteiger charge is -2.02. The molecule has 0 amide bonds. The molecular formula is C16H10BrCl2NS. The van der Waals surface area contributed by atoms with Crippen LogP contribution in [0.3, 0.4) is 0 Å². The second-order valence-corrected chi connectivity index (χ2v) is 7.25. The molecule has 1 aromatic heterocycles. The Bertz CT molecular complexity index is 785. The summed E-state index contributed by atoms with van der Waals surface area (Å²) in [6.07, 6.45) is 0.717. The molecule has 0 saturated carbocycles. The fourth-order valence-corrected chi connectivity index (χ4v) is 3.70. The van der Waals surface area contributed by atoms with Crippen LogP contribution in [0.1, 0.15) is 10.6 Å². The Morgan fingerprint density at radius 3 is 2.71 bits per heavy atom. The van der Waals surface area contributed by atoms with Crippen LogP contribution < -0.4 is 0 Å². The van der Waals surface area contributed by atoms with Crippen molar-refractivity contribution in [3.63, 3.8) is 0 Å². The van der Waals surface area contributed by atoms with Crippen LogP contribution in [0.2, 0.25) is 10.0 Å². The maximum atomic E-state index is 6.21.